The molecule has 0 aliphatic carbocycles. The van der Waals surface area contributed by atoms with Crippen LogP contribution in [0.15, 0.2) is 38.6 Å². The molecule has 16 heavy (non-hydrogen) atoms. The summed E-state index contributed by atoms with van der Waals surface area (Å²) in [5.41, 5.74) is 0.335. The van der Waals surface area contributed by atoms with Gasteiger partial charge in [-0.15, -0.1) is 0 Å². The first-order valence-electron chi connectivity index (χ1n) is 4.54. The molecule has 1 aromatic heterocycles. The van der Waals surface area contributed by atoms with Crippen molar-refractivity contribution in [2.75, 3.05) is 0 Å². The zero-order valence-corrected chi connectivity index (χ0v) is 9.15. The first kappa shape index (κ1) is 10.7. The van der Waals surface area contributed by atoms with Crippen molar-refractivity contribution in [3.8, 4) is 0 Å². The Bertz CT molecular complexity index is 631. The summed E-state index contributed by atoms with van der Waals surface area (Å²) in [6, 6.07) is 6.52. The smallest absolute Gasteiger partial charge is 0.345 e. The van der Waals surface area contributed by atoms with Crippen LogP contribution < -0.4 is 5.63 Å². The maximum Gasteiger partial charge on any atom is 0.345 e. The minimum Gasteiger partial charge on any atom is -0.422 e. The van der Waals surface area contributed by atoms with Gasteiger partial charge in [-0.2, -0.15) is 0 Å². The average Bonchev–Trinajstić information content (AvgIpc) is 2.28. The van der Waals surface area contributed by atoms with Crippen LogP contribution in [0.3, 0.4) is 0 Å². The fraction of sp³-hybridized carbons (Fsp3) is 0.0909. The number of rotatable bonds is 1. The van der Waals surface area contributed by atoms with E-state index in [4.69, 9.17) is 21.2 Å². The molecular weight excluding hydrogens is 230 g/mol. The Morgan fingerprint density at radius 2 is 2.19 bits per heavy atom. The van der Waals surface area contributed by atoms with Crippen molar-refractivity contribution in [3.63, 3.8) is 0 Å². The van der Waals surface area contributed by atoms with Crippen LogP contribution in [0.5, 0.6) is 0 Å². The summed E-state index contributed by atoms with van der Waals surface area (Å²) in [7, 11) is 0. The van der Waals surface area contributed by atoms with Crippen LogP contribution in [0.4, 0.5) is 0 Å². The Labute approximate surface area is 95.8 Å². The molecule has 0 spiro atoms. The molecule has 0 radical (unpaired) electrons. The number of halogens is 1. The zero-order valence-electron chi connectivity index (χ0n) is 8.40. The van der Waals surface area contributed by atoms with Crippen LogP contribution in [0.25, 0.3) is 11.0 Å². The van der Waals surface area contributed by atoms with Gasteiger partial charge in [0.1, 0.15) is 5.58 Å². The van der Waals surface area contributed by atoms with Crippen LogP contribution in [0, 0.1) is 0 Å². The summed E-state index contributed by atoms with van der Waals surface area (Å²) < 4.78 is 5.06. The number of benzene rings is 1. The molecule has 1 aromatic carbocycles. The average molecular weight is 238 g/mol. The van der Waals surface area contributed by atoms with Gasteiger partial charge in [-0.3, -0.25) is 0 Å². The quantitative estimate of drug-likeness (QED) is 0.359. The molecule has 5 heteroatoms. The lowest BCUT2D eigenvalue weighted by atomic mass is 10.1. The van der Waals surface area contributed by atoms with E-state index in [0.717, 1.165) is 0 Å². The summed E-state index contributed by atoms with van der Waals surface area (Å²) in [5, 5.41) is 12.8. The second-order valence-corrected chi connectivity index (χ2v) is 3.75. The molecule has 82 valence electrons. The van der Waals surface area contributed by atoms with E-state index in [1.165, 1.54) is 6.92 Å². The first-order chi connectivity index (χ1) is 7.61. The van der Waals surface area contributed by atoms with Crippen molar-refractivity contribution in [1.29, 1.82) is 0 Å². The highest BCUT2D eigenvalue weighted by molar-refractivity contribution is 6.31. The van der Waals surface area contributed by atoms with Crippen LogP contribution in [-0.4, -0.2) is 10.9 Å². The Balaban J connectivity index is 2.79. The number of hydrogen-bond acceptors (Lipinski definition) is 4. The molecule has 0 amide bonds. The lowest BCUT2D eigenvalue weighted by Gasteiger charge is -2.00. The topological polar surface area (TPSA) is 62.8 Å². The van der Waals surface area contributed by atoms with Crippen molar-refractivity contribution in [2.45, 2.75) is 6.92 Å². The molecule has 0 fully saturated rings. The number of oxime groups is 1. The second kappa shape index (κ2) is 3.98. The number of fused-ring (bicyclic) bond motifs is 1. The third-order valence-electron chi connectivity index (χ3n) is 2.23. The van der Waals surface area contributed by atoms with Gasteiger partial charge in [-0.25, -0.2) is 4.79 Å². The summed E-state index contributed by atoms with van der Waals surface area (Å²) in [4.78, 5) is 11.5. The van der Waals surface area contributed by atoms with Crippen molar-refractivity contribution in [3.05, 3.63) is 45.3 Å². The van der Waals surface area contributed by atoms with Gasteiger partial charge in [-0.1, -0.05) is 16.8 Å². The third kappa shape index (κ3) is 1.79. The minimum absolute atomic E-state index is 0.204. The Kier molecular flexibility index (Phi) is 2.66. The fourth-order valence-corrected chi connectivity index (χ4v) is 1.58. The van der Waals surface area contributed by atoms with Crippen molar-refractivity contribution < 1.29 is 9.62 Å². The third-order valence-corrected chi connectivity index (χ3v) is 2.47. The standard InChI is InChI=1S/C11H8ClNO3/c1-6(13-15)9-5-7-4-8(12)2-3-10(7)16-11(9)14/h2-5,15H,1H3/b13-6+. The van der Waals surface area contributed by atoms with Gasteiger partial charge >= 0.3 is 5.63 Å². The van der Waals surface area contributed by atoms with Gasteiger partial charge in [0.25, 0.3) is 0 Å². The molecule has 0 atom stereocenters. The predicted octanol–water partition coefficient (Wildman–Crippen LogP) is 2.64. The van der Waals surface area contributed by atoms with Gasteiger partial charge in [0, 0.05) is 10.4 Å². The zero-order chi connectivity index (χ0) is 11.7. The van der Waals surface area contributed by atoms with Crippen molar-refractivity contribution in [2.24, 2.45) is 5.16 Å². The van der Waals surface area contributed by atoms with Gasteiger partial charge in [-0.05, 0) is 31.2 Å². The lowest BCUT2D eigenvalue weighted by molar-refractivity contribution is 0.319. The van der Waals surface area contributed by atoms with Gasteiger partial charge in [0.15, 0.2) is 0 Å². The molecule has 0 aliphatic heterocycles. The summed E-state index contributed by atoms with van der Waals surface area (Å²) in [6.45, 7) is 1.52. The molecule has 1 heterocycles. The highest BCUT2D eigenvalue weighted by atomic mass is 35.5. The molecule has 0 saturated heterocycles. The van der Waals surface area contributed by atoms with Crippen LogP contribution in [0.1, 0.15) is 12.5 Å². The molecule has 2 rings (SSSR count). The monoisotopic (exact) mass is 237 g/mol. The molecule has 1 N–H and O–H groups in total. The number of nitrogens with zero attached hydrogens (tertiary/aromatic N) is 1. The van der Waals surface area contributed by atoms with Crippen LogP contribution in [-0.2, 0) is 0 Å². The summed E-state index contributed by atoms with van der Waals surface area (Å²) in [6.07, 6.45) is 0. The van der Waals surface area contributed by atoms with Crippen molar-refractivity contribution in [1.82, 2.24) is 0 Å². The molecule has 4 nitrogen and oxygen atoms in total. The maximum absolute atomic E-state index is 11.5. The van der Waals surface area contributed by atoms with Gasteiger partial charge in [0.2, 0.25) is 0 Å². The van der Waals surface area contributed by atoms with E-state index >= 15 is 0 Å². The van der Waals surface area contributed by atoms with Crippen LogP contribution in [0.2, 0.25) is 5.02 Å². The second-order valence-electron chi connectivity index (χ2n) is 3.32. The Morgan fingerprint density at radius 3 is 2.88 bits per heavy atom. The normalized spacial score (nSPS) is 12.0. The molecule has 0 bridgehead atoms. The van der Waals surface area contributed by atoms with E-state index in [1.807, 2.05) is 0 Å². The Hall–Kier alpha value is -1.81. The Morgan fingerprint density at radius 1 is 1.44 bits per heavy atom. The van der Waals surface area contributed by atoms with E-state index in [0.29, 0.717) is 16.0 Å². The minimum atomic E-state index is -0.537. The van der Waals surface area contributed by atoms with E-state index in [1.54, 1.807) is 24.3 Å². The molecule has 0 saturated carbocycles. The van der Waals surface area contributed by atoms with Crippen LogP contribution >= 0.6 is 11.6 Å². The summed E-state index contributed by atoms with van der Waals surface area (Å²) >= 11 is 5.82. The SMILES string of the molecule is C/C(=N\O)c1cc2cc(Cl)ccc2oc1=O. The molecule has 0 aliphatic rings. The molecule has 2 aromatic rings. The van der Waals surface area contributed by atoms with Gasteiger partial charge in [0.05, 0.1) is 11.3 Å². The highest BCUT2D eigenvalue weighted by Gasteiger charge is 2.08. The van der Waals surface area contributed by atoms with E-state index < -0.39 is 5.63 Å². The van der Waals surface area contributed by atoms with Gasteiger partial charge < -0.3 is 9.62 Å². The van der Waals surface area contributed by atoms with E-state index in [2.05, 4.69) is 5.16 Å². The number of hydrogen-bond donors (Lipinski definition) is 1. The lowest BCUT2D eigenvalue weighted by Crippen LogP contribution is -2.11. The summed E-state index contributed by atoms with van der Waals surface area (Å²) in [5.74, 6) is 0. The van der Waals surface area contributed by atoms with E-state index in [-0.39, 0.29) is 11.3 Å². The van der Waals surface area contributed by atoms with E-state index in [9.17, 15) is 4.79 Å². The largest absolute Gasteiger partial charge is 0.422 e. The predicted molar refractivity (Wildman–Crippen MR) is 61.5 cm³/mol. The maximum atomic E-state index is 11.5. The molecular formula is C11H8ClNO3. The van der Waals surface area contributed by atoms with Crippen molar-refractivity contribution >= 4 is 28.3 Å². The fourth-order valence-electron chi connectivity index (χ4n) is 1.40. The highest BCUT2D eigenvalue weighted by Crippen LogP contribution is 2.18. The first-order valence-corrected chi connectivity index (χ1v) is 4.92. The molecule has 0 unspecified atom stereocenters.